The van der Waals surface area contributed by atoms with Gasteiger partial charge in [-0.1, -0.05) is 20.8 Å². The van der Waals surface area contributed by atoms with Gasteiger partial charge in [0.2, 0.25) is 0 Å². The fraction of sp³-hybridized carbons (Fsp3) is 0.444. The molecule has 1 aromatic carbocycles. The van der Waals surface area contributed by atoms with Gasteiger partial charge in [-0.05, 0) is 54.4 Å². The van der Waals surface area contributed by atoms with Crippen molar-refractivity contribution in [1.82, 2.24) is 4.98 Å². The van der Waals surface area contributed by atoms with Crippen molar-refractivity contribution in [3.05, 3.63) is 40.8 Å². The van der Waals surface area contributed by atoms with Gasteiger partial charge in [-0.15, -0.1) is 0 Å². The Bertz CT molecular complexity index is 762. The van der Waals surface area contributed by atoms with Crippen LogP contribution in [0.5, 0.6) is 0 Å². The fourth-order valence-corrected chi connectivity index (χ4v) is 3.26. The summed E-state index contributed by atoms with van der Waals surface area (Å²) in [6.45, 7) is 6.71. The predicted molar refractivity (Wildman–Crippen MR) is 83.6 cm³/mol. The third-order valence-electron chi connectivity index (χ3n) is 4.71. The van der Waals surface area contributed by atoms with E-state index in [1.54, 1.807) is 0 Å². The van der Waals surface area contributed by atoms with E-state index in [0.717, 1.165) is 36.6 Å². The minimum absolute atomic E-state index is 0.0325. The largest absolute Gasteiger partial charge is 0.478 e. The second-order valence-corrected chi connectivity index (χ2v) is 7.23. The molecule has 1 aromatic heterocycles. The number of hydrogen-bond donors (Lipinski definition) is 1. The molecule has 1 aliphatic rings. The molecule has 0 spiro atoms. The summed E-state index contributed by atoms with van der Waals surface area (Å²) in [4.78, 5) is 15.5. The summed E-state index contributed by atoms with van der Waals surface area (Å²) >= 11 is 0. The Kier molecular flexibility index (Phi) is 3.42. The van der Waals surface area contributed by atoms with Crippen LogP contribution in [0, 0.1) is 17.2 Å². The normalized spacial score (nSPS) is 18.3. The molecule has 0 unspecified atom stereocenters. The molecule has 4 heteroatoms. The van der Waals surface area contributed by atoms with Crippen molar-refractivity contribution in [2.45, 2.75) is 40.0 Å². The highest BCUT2D eigenvalue weighted by molar-refractivity contribution is 5.93. The van der Waals surface area contributed by atoms with Crippen LogP contribution in [0.3, 0.4) is 0 Å². The number of fused-ring (bicyclic) bond motifs is 2. The first-order chi connectivity index (χ1) is 10.3. The van der Waals surface area contributed by atoms with Crippen LogP contribution < -0.4 is 0 Å². The number of carboxylic acid groups (broad SMARTS) is 1. The second kappa shape index (κ2) is 5.04. The van der Waals surface area contributed by atoms with Gasteiger partial charge in [0.15, 0.2) is 0 Å². The molecule has 0 radical (unpaired) electrons. The van der Waals surface area contributed by atoms with Gasteiger partial charge < -0.3 is 5.11 Å². The van der Waals surface area contributed by atoms with E-state index in [1.165, 1.54) is 6.07 Å². The Morgan fingerprint density at radius 2 is 2.05 bits per heavy atom. The molecule has 22 heavy (non-hydrogen) atoms. The predicted octanol–water partition coefficient (Wildman–Crippen LogP) is 4.22. The number of pyridine rings is 1. The molecule has 0 saturated heterocycles. The maximum absolute atomic E-state index is 14.1. The molecule has 0 bridgehead atoms. The van der Waals surface area contributed by atoms with Crippen LogP contribution >= 0.6 is 0 Å². The number of aromatic carboxylic acids is 1. The zero-order valence-corrected chi connectivity index (χ0v) is 13.1. The van der Waals surface area contributed by atoms with Crippen molar-refractivity contribution in [3.63, 3.8) is 0 Å². The third kappa shape index (κ3) is 2.58. The van der Waals surface area contributed by atoms with Crippen LogP contribution in [0.25, 0.3) is 10.9 Å². The third-order valence-corrected chi connectivity index (χ3v) is 4.71. The zero-order chi connectivity index (χ0) is 16.1. The summed E-state index contributed by atoms with van der Waals surface area (Å²) < 4.78 is 14.1. The van der Waals surface area contributed by atoms with E-state index in [4.69, 9.17) is 5.11 Å². The van der Waals surface area contributed by atoms with Crippen LogP contribution in [0.4, 0.5) is 4.39 Å². The molecule has 3 nitrogen and oxygen atoms in total. The highest BCUT2D eigenvalue weighted by Gasteiger charge is 2.29. The van der Waals surface area contributed by atoms with Crippen LogP contribution in [-0.4, -0.2) is 16.1 Å². The number of rotatable bonds is 1. The van der Waals surface area contributed by atoms with Crippen molar-refractivity contribution >= 4 is 16.9 Å². The zero-order valence-electron chi connectivity index (χ0n) is 13.1. The molecule has 2 aromatic rings. The van der Waals surface area contributed by atoms with Gasteiger partial charge in [-0.3, -0.25) is 0 Å². The van der Waals surface area contributed by atoms with Gasteiger partial charge >= 0.3 is 5.97 Å². The minimum Gasteiger partial charge on any atom is -0.478 e. The molecule has 1 aliphatic carbocycles. The molecule has 1 atom stereocenters. The fourth-order valence-electron chi connectivity index (χ4n) is 3.26. The molecular weight excluding hydrogens is 281 g/mol. The number of halogens is 1. The summed E-state index contributed by atoms with van der Waals surface area (Å²) in [5.74, 6) is -1.12. The number of aryl methyl sites for hydroxylation is 1. The summed E-state index contributed by atoms with van der Waals surface area (Å²) in [6.07, 6.45) is 2.83. The van der Waals surface area contributed by atoms with Crippen LogP contribution in [-0.2, 0) is 12.8 Å². The topological polar surface area (TPSA) is 50.2 Å². The minimum atomic E-state index is -1.12. The van der Waals surface area contributed by atoms with Gasteiger partial charge in [0.1, 0.15) is 11.3 Å². The number of nitrogens with zero attached hydrogens (tertiary/aromatic N) is 1. The second-order valence-electron chi connectivity index (χ2n) is 7.23. The molecule has 0 amide bonds. The van der Waals surface area contributed by atoms with E-state index in [0.29, 0.717) is 11.3 Å². The van der Waals surface area contributed by atoms with Gasteiger partial charge in [0.05, 0.1) is 5.56 Å². The summed E-state index contributed by atoms with van der Waals surface area (Å²) in [5, 5.41) is 9.64. The lowest BCUT2D eigenvalue weighted by Gasteiger charge is -2.34. The number of carboxylic acids is 1. The lowest BCUT2D eigenvalue weighted by molar-refractivity contribution is 0.0696. The average molecular weight is 301 g/mol. The van der Waals surface area contributed by atoms with Crippen molar-refractivity contribution in [2.24, 2.45) is 11.3 Å². The van der Waals surface area contributed by atoms with E-state index in [9.17, 15) is 9.18 Å². The lowest BCUT2D eigenvalue weighted by atomic mass is 9.71. The van der Waals surface area contributed by atoms with Crippen LogP contribution in [0.15, 0.2) is 18.2 Å². The molecule has 1 heterocycles. The number of hydrogen-bond acceptors (Lipinski definition) is 2. The molecule has 3 rings (SSSR count). The Balaban J connectivity index is 2.11. The number of benzene rings is 1. The highest BCUT2D eigenvalue weighted by atomic mass is 19.1. The van der Waals surface area contributed by atoms with Gasteiger partial charge in [-0.25, -0.2) is 14.2 Å². The summed E-state index contributed by atoms with van der Waals surface area (Å²) in [6, 6.07) is 4.48. The Morgan fingerprint density at radius 1 is 1.32 bits per heavy atom. The summed E-state index contributed by atoms with van der Waals surface area (Å²) in [7, 11) is 0. The Hall–Kier alpha value is -1.97. The van der Waals surface area contributed by atoms with Crippen molar-refractivity contribution < 1.29 is 14.3 Å². The molecule has 116 valence electrons. The van der Waals surface area contributed by atoms with Crippen LogP contribution in [0.2, 0.25) is 0 Å². The first kappa shape index (κ1) is 14.9. The van der Waals surface area contributed by atoms with Gasteiger partial charge in [-0.2, -0.15) is 0 Å². The van der Waals surface area contributed by atoms with E-state index < -0.39 is 11.8 Å². The number of aromatic nitrogens is 1. The Labute approximate surface area is 129 Å². The first-order valence-corrected chi connectivity index (χ1v) is 7.61. The average Bonchev–Trinajstić information content (AvgIpc) is 2.43. The monoisotopic (exact) mass is 301 g/mol. The standard InChI is InChI=1S/C18H20FNO2/c1-18(2,3)13-4-5-15-10(8-13)6-11-7-12(17(21)22)9-14(19)16(11)20-15/h6-7,9,13H,4-5,8H2,1-3H3,(H,21,22)/t13-/m0/s1. The SMILES string of the molecule is CC(C)(C)[C@H]1CCc2nc3c(F)cc(C(=O)O)cc3cc2C1. The first-order valence-electron chi connectivity index (χ1n) is 7.61. The van der Waals surface area contributed by atoms with Crippen molar-refractivity contribution in [2.75, 3.05) is 0 Å². The highest BCUT2D eigenvalue weighted by Crippen LogP contribution is 2.37. The molecular formula is C18H20FNO2. The maximum Gasteiger partial charge on any atom is 0.335 e. The van der Waals surface area contributed by atoms with Gasteiger partial charge in [0.25, 0.3) is 0 Å². The van der Waals surface area contributed by atoms with Crippen molar-refractivity contribution in [1.29, 1.82) is 0 Å². The lowest BCUT2D eigenvalue weighted by Crippen LogP contribution is -2.27. The van der Waals surface area contributed by atoms with E-state index in [-0.39, 0.29) is 16.5 Å². The Morgan fingerprint density at radius 3 is 2.68 bits per heavy atom. The summed E-state index contributed by atoms with van der Waals surface area (Å²) in [5.41, 5.74) is 2.55. The molecule has 0 fully saturated rings. The smallest absolute Gasteiger partial charge is 0.335 e. The van der Waals surface area contributed by atoms with E-state index in [1.807, 2.05) is 6.07 Å². The maximum atomic E-state index is 14.1. The van der Waals surface area contributed by atoms with Gasteiger partial charge in [0, 0.05) is 11.1 Å². The molecule has 1 N–H and O–H groups in total. The van der Waals surface area contributed by atoms with Crippen molar-refractivity contribution in [3.8, 4) is 0 Å². The van der Waals surface area contributed by atoms with E-state index >= 15 is 0 Å². The number of carbonyl (C=O) groups is 1. The molecule has 0 saturated carbocycles. The quantitative estimate of drug-likeness (QED) is 0.858. The van der Waals surface area contributed by atoms with E-state index in [2.05, 4.69) is 25.8 Å². The van der Waals surface area contributed by atoms with Crippen LogP contribution in [0.1, 0.15) is 48.8 Å². The molecule has 0 aliphatic heterocycles.